The number of carboxylic acid groups (broad SMARTS) is 1. The van der Waals surface area contributed by atoms with Gasteiger partial charge < -0.3 is 29.4 Å². The zero-order chi connectivity index (χ0) is 23.3. The number of benzene rings is 1. The molecule has 5 atom stereocenters. The van der Waals surface area contributed by atoms with Gasteiger partial charge in [-0.05, 0) is 24.6 Å². The van der Waals surface area contributed by atoms with E-state index in [1.165, 1.54) is 20.8 Å². The van der Waals surface area contributed by atoms with E-state index in [1.54, 1.807) is 0 Å². The normalized spacial score (nSPS) is 27.6. The van der Waals surface area contributed by atoms with Gasteiger partial charge >= 0.3 is 17.9 Å². The van der Waals surface area contributed by atoms with Crippen LogP contribution in [0.4, 0.5) is 5.69 Å². The van der Waals surface area contributed by atoms with E-state index < -0.39 is 53.8 Å². The molecule has 1 saturated heterocycles. The van der Waals surface area contributed by atoms with Crippen molar-refractivity contribution in [1.82, 2.24) is 0 Å². The lowest BCUT2D eigenvalue weighted by atomic mass is 10.1. The third-order valence-corrected chi connectivity index (χ3v) is 4.68. The number of hydrogen-bond donors (Lipinski definition) is 2. The lowest BCUT2D eigenvalue weighted by Crippen LogP contribution is -2.41. The molecule has 170 valence electrons. The molecule has 1 aromatic rings. The Kier molecular flexibility index (Phi) is 7.61. The molecule has 2 aliphatic rings. The molecular weight excluding hydrogens is 410 g/mol. The monoisotopic (exact) mass is 437 g/mol. The zero-order valence-corrected chi connectivity index (χ0v) is 18.0. The Hall–Kier alpha value is -3.14. The van der Waals surface area contributed by atoms with E-state index in [0.717, 1.165) is 18.2 Å². The molecule has 1 saturated carbocycles. The lowest BCUT2D eigenvalue weighted by Gasteiger charge is -2.27. The molecule has 0 bridgehead atoms. The standard InChI is InChI=1S/C19H23NO7.C2H4O2/c1-10-6-5-7-14(8-10)20-18-16(25-12(3)22)15-17(26-13(4)23)19(15,27-18)9-24-11(2)21;1-2(3)4/h5-8,15-18,20H,9H2,1-4H3;1H3,(H,3,4). The van der Waals surface area contributed by atoms with Crippen LogP contribution in [0.15, 0.2) is 24.3 Å². The predicted molar refractivity (Wildman–Crippen MR) is 107 cm³/mol. The zero-order valence-electron chi connectivity index (χ0n) is 18.0. The van der Waals surface area contributed by atoms with E-state index in [0.29, 0.717) is 0 Å². The summed E-state index contributed by atoms with van der Waals surface area (Å²) >= 11 is 0. The quantitative estimate of drug-likeness (QED) is 0.499. The fourth-order valence-corrected chi connectivity index (χ4v) is 3.61. The van der Waals surface area contributed by atoms with Crippen LogP contribution in [0.5, 0.6) is 0 Å². The molecule has 0 amide bonds. The van der Waals surface area contributed by atoms with Crippen molar-refractivity contribution in [2.24, 2.45) is 5.92 Å². The summed E-state index contributed by atoms with van der Waals surface area (Å²) in [6.45, 7) is 6.83. The van der Waals surface area contributed by atoms with Crippen molar-refractivity contribution in [3.63, 3.8) is 0 Å². The molecule has 1 aliphatic carbocycles. The highest BCUT2D eigenvalue weighted by Gasteiger charge is 2.80. The molecule has 1 aliphatic heterocycles. The highest BCUT2D eigenvalue weighted by atomic mass is 16.7. The summed E-state index contributed by atoms with van der Waals surface area (Å²) in [5.74, 6) is -2.69. The minimum absolute atomic E-state index is 0.0886. The number of nitrogens with one attached hydrogen (secondary N) is 1. The van der Waals surface area contributed by atoms with E-state index in [4.69, 9.17) is 28.8 Å². The average Bonchev–Trinajstić information content (AvgIpc) is 3.09. The maximum atomic E-state index is 11.6. The van der Waals surface area contributed by atoms with Gasteiger partial charge in [0.05, 0.1) is 5.92 Å². The number of ether oxygens (including phenoxy) is 4. The van der Waals surface area contributed by atoms with Crippen molar-refractivity contribution in [2.45, 2.75) is 58.7 Å². The smallest absolute Gasteiger partial charge is 0.303 e. The van der Waals surface area contributed by atoms with E-state index in [1.807, 2.05) is 31.2 Å². The van der Waals surface area contributed by atoms with Crippen LogP contribution < -0.4 is 5.32 Å². The van der Waals surface area contributed by atoms with Crippen molar-refractivity contribution < 1.29 is 43.2 Å². The molecule has 2 fully saturated rings. The van der Waals surface area contributed by atoms with Crippen LogP contribution >= 0.6 is 0 Å². The number of fused-ring (bicyclic) bond motifs is 1. The number of hydrogen-bond acceptors (Lipinski definition) is 9. The number of anilines is 1. The Morgan fingerprint density at radius 3 is 2.19 bits per heavy atom. The van der Waals surface area contributed by atoms with Gasteiger partial charge in [-0.15, -0.1) is 0 Å². The molecule has 1 aromatic carbocycles. The second-order valence-corrected chi connectivity index (χ2v) is 7.44. The van der Waals surface area contributed by atoms with Gasteiger partial charge in [-0.25, -0.2) is 0 Å². The largest absolute Gasteiger partial charge is 0.481 e. The fourth-order valence-electron chi connectivity index (χ4n) is 3.61. The van der Waals surface area contributed by atoms with Gasteiger partial charge in [0.2, 0.25) is 0 Å². The number of carbonyl (C=O) groups is 4. The van der Waals surface area contributed by atoms with Crippen LogP contribution in [0.3, 0.4) is 0 Å². The molecule has 0 spiro atoms. The first-order valence-electron chi connectivity index (χ1n) is 9.64. The first-order valence-corrected chi connectivity index (χ1v) is 9.64. The third kappa shape index (κ3) is 6.17. The minimum atomic E-state index is -1.03. The van der Waals surface area contributed by atoms with Crippen LogP contribution in [-0.2, 0) is 38.1 Å². The van der Waals surface area contributed by atoms with Crippen LogP contribution in [-0.4, -0.2) is 59.6 Å². The predicted octanol–water partition coefficient (Wildman–Crippen LogP) is 1.65. The Morgan fingerprint density at radius 2 is 1.68 bits per heavy atom. The second kappa shape index (κ2) is 9.78. The van der Waals surface area contributed by atoms with Gasteiger partial charge in [-0.3, -0.25) is 19.2 Å². The number of rotatable bonds is 6. The number of aryl methyl sites for hydroxylation is 1. The molecule has 2 N–H and O–H groups in total. The van der Waals surface area contributed by atoms with Crippen LogP contribution in [0.2, 0.25) is 0 Å². The van der Waals surface area contributed by atoms with Crippen LogP contribution in [0.25, 0.3) is 0 Å². The highest BCUT2D eigenvalue weighted by molar-refractivity contribution is 5.68. The number of esters is 3. The maximum absolute atomic E-state index is 11.6. The summed E-state index contributed by atoms with van der Waals surface area (Å²) < 4.78 is 22.0. The van der Waals surface area contributed by atoms with E-state index in [9.17, 15) is 14.4 Å². The van der Waals surface area contributed by atoms with E-state index in [2.05, 4.69) is 5.32 Å². The Morgan fingerprint density at radius 1 is 1.06 bits per heavy atom. The molecule has 10 heteroatoms. The summed E-state index contributed by atoms with van der Waals surface area (Å²) in [6.07, 6.45) is -2.00. The third-order valence-electron chi connectivity index (χ3n) is 4.68. The molecule has 0 aromatic heterocycles. The number of carboxylic acids is 1. The average molecular weight is 437 g/mol. The van der Waals surface area contributed by atoms with Gasteiger partial charge in [0.25, 0.3) is 5.97 Å². The maximum Gasteiger partial charge on any atom is 0.303 e. The van der Waals surface area contributed by atoms with Crippen molar-refractivity contribution in [3.05, 3.63) is 29.8 Å². The molecule has 0 radical (unpaired) electrons. The Labute approximate surface area is 179 Å². The van der Waals surface area contributed by atoms with E-state index >= 15 is 0 Å². The fraction of sp³-hybridized carbons (Fsp3) is 0.524. The summed E-state index contributed by atoms with van der Waals surface area (Å²) in [5, 5.41) is 10.6. The number of carbonyl (C=O) groups excluding carboxylic acids is 3. The lowest BCUT2D eigenvalue weighted by molar-refractivity contribution is -0.162. The molecule has 1 heterocycles. The van der Waals surface area contributed by atoms with Gasteiger partial charge in [0, 0.05) is 33.4 Å². The second-order valence-electron chi connectivity index (χ2n) is 7.44. The van der Waals surface area contributed by atoms with Crippen molar-refractivity contribution in [3.8, 4) is 0 Å². The summed E-state index contributed by atoms with van der Waals surface area (Å²) in [7, 11) is 0. The van der Waals surface area contributed by atoms with Crippen LogP contribution in [0.1, 0.15) is 33.3 Å². The summed E-state index contributed by atoms with van der Waals surface area (Å²) in [5.41, 5.74) is 0.823. The topological polar surface area (TPSA) is 137 Å². The van der Waals surface area contributed by atoms with E-state index in [-0.39, 0.29) is 6.61 Å². The number of aliphatic carboxylic acids is 1. The van der Waals surface area contributed by atoms with Gasteiger partial charge in [0.1, 0.15) is 12.7 Å². The van der Waals surface area contributed by atoms with Crippen LogP contribution in [0, 0.1) is 12.8 Å². The van der Waals surface area contributed by atoms with Gasteiger partial charge in [0.15, 0.2) is 17.9 Å². The Bertz CT molecular complexity index is 851. The highest BCUT2D eigenvalue weighted by Crippen LogP contribution is 2.59. The van der Waals surface area contributed by atoms with Gasteiger partial charge in [-0.1, -0.05) is 12.1 Å². The Balaban J connectivity index is 0.000000785. The first kappa shape index (κ1) is 24.1. The molecule has 31 heavy (non-hydrogen) atoms. The van der Waals surface area contributed by atoms with Crippen molar-refractivity contribution >= 4 is 29.6 Å². The van der Waals surface area contributed by atoms with Gasteiger partial charge in [-0.2, -0.15) is 0 Å². The summed E-state index contributed by atoms with van der Waals surface area (Å²) in [6, 6.07) is 7.65. The molecule has 5 unspecified atom stereocenters. The minimum Gasteiger partial charge on any atom is -0.481 e. The molecule has 3 rings (SSSR count). The molecule has 10 nitrogen and oxygen atoms in total. The van der Waals surface area contributed by atoms with Crippen molar-refractivity contribution in [2.75, 3.05) is 11.9 Å². The van der Waals surface area contributed by atoms with Crippen molar-refractivity contribution in [1.29, 1.82) is 0 Å². The molecular formula is C21H27NO9. The summed E-state index contributed by atoms with van der Waals surface area (Å²) in [4.78, 5) is 43.3. The first-order chi connectivity index (χ1) is 14.5. The SMILES string of the molecule is CC(=O)O.CC(=O)OCC12OC(Nc3cccc(C)c3)C(OC(C)=O)C1C2OC(C)=O.